The molecular weight excluding hydrogens is 210 g/mol. The quantitative estimate of drug-likeness (QED) is 0.702. The number of hydrogen-bond acceptors (Lipinski definition) is 6. The maximum Gasteiger partial charge on any atom is 0.376 e. The molecule has 86 valence electrons. The molecule has 6 heteroatoms. The number of carbonyl (C=O) groups excluding carboxylic acids is 1. The van der Waals surface area contributed by atoms with Crippen LogP contribution in [0.3, 0.4) is 0 Å². The fourth-order valence-corrected chi connectivity index (χ4v) is 1.66. The van der Waals surface area contributed by atoms with Crippen molar-refractivity contribution >= 4 is 11.8 Å². The van der Waals surface area contributed by atoms with Crippen LogP contribution in [0.1, 0.15) is 17.0 Å². The molecule has 0 radical (unpaired) electrons. The maximum atomic E-state index is 11.2. The number of nitrogens with zero attached hydrogens (tertiary/aromatic N) is 3. The van der Waals surface area contributed by atoms with Gasteiger partial charge in [0.1, 0.15) is 5.82 Å². The van der Waals surface area contributed by atoms with Crippen molar-refractivity contribution in [2.24, 2.45) is 0 Å². The third kappa shape index (κ3) is 2.11. The first-order chi connectivity index (χ1) is 7.70. The van der Waals surface area contributed by atoms with E-state index < -0.39 is 5.97 Å². The van der Waals surface area contributed by atoms with Crippen LogP contribution in [0, 0.1) is 0 Å². The summed E-state index contributed by atoms with van der Waals surface area (Å²) in [5.41, 5.74) is 0. The molecule has 1 fully saturated rings. The fourth-order valence-electron chi connectivity index (χ4n) is 1.66. The van der Waals surface area contributed by atoms with E-state index in [0.717, 1.165) is 13.0 Å². The van der Waals surface area contributed by atoms with E-state index in [1.165, 1.54) is 13.3 Å². The first-order valence-electron chi connectivity index (χ1n) is 5.05. The highest BCUT2D eigenvalue weighted by Gasteiger charge is 2.22. The molecule has 2 rings (SSSR count). The zero-order valence-corrected chi connectivity index (χ0v) is 8.96. The predicted molar refractivity (Wildman–Crippen MR) is 56.2 cm³/mol. The third-order valence-electron chi connectivity index (χ3n) is 2.50. The lowest BCUT2D eigenvalue weighted by Gasteiger charge is -2.16. The van der Waals surface area contributed by atoms with Crippen molar-refractivity contribution in [3.8, 4) is 0 Å². The summed E-state index contributed by atoms with van der Waals surface area (Å²) in [5.74, 6) is 0.134. The van der Waals surface area contributed by atoms with E-state index in [1.807, 2.05) is 4.90 Å². The molecular formula is C10H13N3O3. The summed E-state index contributed by atoms with van der Waals surface area (Å²) in [6.45, 7) is 1.27. The Morgan fingerprint density at radius 1 is 1.69 bits per heavy atom. The fraction of sp³-hybridized carbons (Fsp3) is 0.500. The SMILES string of the molecule is COC(=O)c1nccc(N2CC[C@@H](O)C2)n1. The van der Waals surface area contributed by atoms with Crippen molar-refractivity contribution in [3.63, 3.8) is 0 Å². The van der Waals surface area contributed by atoms with E-state index >= 15 is 0 Å². The van der Waals surface area contributed by atoms with Crippen molar-refractivity contribution in [3.05, 3.63) is 18.1 Å². The summed E-state index contributed by atoms with van der Waals surface area (Å²) < 4.78 is 4.54. The predicted octanol–water partition coefficient (Wildman–Crippen LogP) is -0.166. The Bertz CT molecular complexity index is 397. The smallest absolute Gasteiger partial charge is 0.376 e. The molecule has 0 aromatic carbocycles. The van der Waals surface area contributed by atoms with Crippen LogP contribution in [0.15, 0.2) is 12.3 Å². The summed E-state index contributed by atoms with van der Waals surface area (Å²) in [5, 5.41) is 9.41. The molecule has 0 saturated carbocycles. The highest BCUT2D eigenvalue weighted by molar-refractivity contribution is 5.85. The van der Waals surface area contributed by atoms with Crippen LogP contribution in [0.5, 0.6) is 0 Å². The van der Waals surface area contributed by atoms with E-state index in [0.29, 0.717) is 12.4 Å². The molecule has 1 aliphatic heterocycles. The Balaban J connectivity index is 2.19. The standard InChI is InChI=1S/C10H13N3O3/c1-16-10(15)9-11-4-2-8(12-9)13-5-3-7(14)6-13/h2,4,7,14H,3,5-6H2,1H3/t7-/m1/s1. The van der Waals surface area contributed by atoms with Gasteiger partial charge in [-0.05, 0) is 12.5 Å². The van der Waals surface area contributed by atoms with Crippen LogP contribution in [-0.2, 0) is 4.74 Å². The van der Waals surface area contributed by atoms with Gasteiger partial charge in [0.25, 0.3) is 0 Å². The minimum absolute atomic E-state index is 0.0430. The number of aliphatic hydroxyl groups excluding tert-OH is 1. The van der Waals surface area contributed by atoms with Gasteiger partial charge in [0.2, 0.25) is 5.82 Å². The van der Waals surface area contributed by atoms with Crippen molar-refractivity contribution in [2.75, 3.05) is 25.1 Å². The molecule has 1 atom stereocenters. The molecule has 0 amide bonds. The van der Waals surface area contributed by atoms with Gasteiger partial charge in [0.05, 0.1) is 13.2 Å². The van der Waals surface area contributed by atoms with E-state index in [9.17, 15) is 9.90 Å². The van der Waals surface area contributed by atoms with Crippen LogP contribution in [-0.4, -0.2) is 47.3 Å². The minimum atomic E-state index is -0.554. The van der Waals surface area contributed by atoms with Crippen LogP contribution in [0.25, 0.3) is 0 Å². The number of hydrogen-bond donors (Lipinski definition) is 1. The van der Waals surface area contributed by atoms with Gasteiger partial charge in [-0.3, -0.25) is 0 Å². The number of rotatable bonds is 2. The monoisotopic (exact) mass is 223 g/mol. The van der Waals surface area contributed by atoms with E-state index in [2.05, 4.69) is 14.7 Å². The lowest BCUT2D eigenvalue weighted by atomic mass is 10.3. The molecule has 1 aromatic heterocycles. The van der Waals surface area contributed by atoms with Crippen molar-refractivity contribution < 1.29 is 14.6 Å². The Morgan fingerprint density at radius 2 is 2.50 bits per heavy atom. The molecule has 1 aliphatic rings. The summed E-state index contributed by atoms with van der Waals surface area (Å²) in [6.07, 6.45) is 1.91. The number of methoxy groups -OCH3 is 1. The molecule has 0 bridgehead atoms. The van der Waals surface area contributed by atoms with Gasteiger partial charge in [0.15, 0.2) is 0 Å². The average molecular weight is 223 g/mol. The second-order valence-corrected chi connectivity index (χ2v) is 3.62. The van der Waals surface area contributed by atoms with Gasteiger partial charge < -0.3 is 14.7 Å². The van der Waals surface area contributed by atoms with Gasteiger partial charge in [-0.15, -0.1) is 0 Å². The van der Waals surface area contributed by atoms with Gasteiger partial charge >= 0.3 is 5.97 Å². The van der Waals surface area contributed by atoms with Gasteiger partial charge in [0, 0.05) is 19.3 Å². The average Bonchev–Trinajstić information content (AvgIpc) is 2.75. The largest absolute Gasteiger partial charge is 0.463 e. The van der Waals surface area contributed by atoms with Crippen LogP contribution in [0.4, 0.5) is 5.82 Å². The third-order valence-corrected chi connectivity index (χ3v) is 2.50. The first-order valence-corrected chi connectivity index (χ1v) is 5.05. The minimum Gasteiger partial charge on any atom is -0.463 e. The molecule has 2 heterocycles. The Morgan fingerprint density at radius 3 is 3.12 bits per heavy atom. The van der Waals surface area contributed by atoms with Crippen LogP contribution in [0.2, 0.25) is 0 Å². The highest BCUT2D eigenvalue weighted by atomic mass is 16.5. The van der Waals surface area contributed by atoms with Crippen LogP contribution >= 0.6 is 0 Å². The Kier molecular flexibility index (Phi) is 3.00. The summed E-state index contributed by atoms with van der Waals surface area (Å²) >= 11 is 0. The summed E-state index contributed by atoms with van der Waals surface area (Å²) in [6, 6.07) is 1.71. The molecule has 1 aromatic rings. The molecule has 1 saturated heterocycles. The van der Waals surface area contributed by atoms with Crippen molar-refractivity contribution in [2.45, 2.75) is 12.5 Å². The number of ether oxygens (including phenoxy) is 1. The summed E-state index contributed by atoms with van der Waals surface area (Å²) in [4.78, 5) is 21.1. The number of carbonyl (C=O) groups is 1. The maximum absolute atomic E-state index is 11.2. The zero-order chi connectivity index (χ0) is 11.5. The van der Waals surface area contributed by atoms with Gasteiger partial charge in [-0.1, -0.05) is 0 Å². The number of aromatic nitrogens is 2. The number of anilines is 1. The van der Waals surface area contributed by atoms with Gasteiger partial charge in [-0.25, -0.2) is 14.8 Å². The number of esters is 1. The second-order valence-electron chi connectivity index (χ2n) is 3.62. The molecule has 0 spiro atoms. The normalized spacial score (nSPS) is 19.9. The topological polar surface area (TPSA) is 75.5 Å². The second kappa shape index (κ2) is 4.44. The zero-order valence-electron chi connectivity index (χ0n) is 8.96. The van der Waals surface area contributed by atoms with E-state index in [-0.39, 0.29) is 11.9 Å². The lowest BCUT2D eigenvalue weighted by molar-refractivity contribution is 0.0587. The Hall–Kier alpha value is -1.69. The molecule has 1 N–H and O–H groups in total. The van der Waals surface area contributed by atoms with Crippen molar-refractivity contribution in [1.29, 1.82) is 0 Å². The van der Waals surface area contributed by atoms with E-state index in [4.69, 9.17) is 0 Å². The lowest BCUT2D eigenvalue weighted by Crippen LogP contribution is -2.23. The Labute approximate surface area is 92.9 Å². The highest BCUT2D eigenvalue weighted by Crippen LogP contribution is 2.17. The van der Waals surface area contributed by atoms with E-state index in [1.54, 1.807) is 6.07 Å². The van der Waals surface area contributed by atoms with Gasteiger partial charge in [-0.2, -0.15) is 0 Å². The molecule has 16 heavy (non-hydrogen) atoms. The summed E-state index contributed by atoms with van der Waals surface area (Å²) in [7, 11) is 1.29. The van der Waals surface area contributed by atoms with Crippen molar-refractivity contribution in [1.82, 2.24) is 9.97 Å². The first kappa shape index (κ1) is 10.8. The number of β-amino-alcohol motifs (C(OH)–C–C–N with tert-alkyl or cyclic N) is 1. The molecule has 0 unspecified atom stereocenters. The van der Waals surface area contributed by atoms with Crippen LogP contribution < -0.4 is 4.90 Å². The molecule has 0 aliphatic carbocycles. The number of aliphatic hydroxyl groups is 1. The molecule has 6 nitrogen and oxygen atoms in total.